The molecule has 0 saturated carbocycles. The highest BCUT2D eigenvalue weighted by Gasteiger charge is 2.19. The van der Waals surface area contributed by atoms with Crippen LogP contribution in [0.25, 0.3) is 10.9 Å². The number of nitro groups is 1. The van der Waals surface area contributed by atoms with Crippen molar-refractivity contribution in [2.75, 3.05) is 7.05 Å². The van der Waals surface area contributed by atoms with Gasteiger partial charge >= 0.3 is 0 Å². The van der Waals surface area contributed by atoms with Gasteiger partial charge in [-0.05, 0) is 31.0 Å². The Hall–Kier alpha value is -3.55. The Kier molecular flexibility index (Phi) is 5.72. The molecule has 3 aromatic rings. The maximum absolute atomic E-state index is 12.7. The third-order valence-electron chi connectivity index (χ3n) is 5.16. The Labute approximate surface area is 167 Å². The molecule has 0 spiro atoms. The molecule has 0 N–H and O–H groups in total. The van der Waals surface area contributed by atoms with Gasteiger partial charge in [0.25, 0.3) is 11.2 Å². The molecule has 1 heterocycles. The van der Waals surface area contributed by atoms with Crippen LogP contribution in [0.1, 0.15) is 30.5 Å². The van der Waals surface area contributed by atoms with Crippen LogP contribution in [0.15, 0.2) is 53.6 Å². The molecule has 8 heteroatoms. The molecule has 1 amide bonds. The van der Waals surface area contributed by atoms with Crippen molar-refractivity contribution < 1.29 is 9.72 Å². The van der Waals surface area contributed by atoms with E-state index in [-0.39, 0.29) is 36.2 Å². The van der Waals surface area contributed by atoms with Crippen molar-refractivity contribution in [3.63, 3.8) is 0 Å². The number of hydrogen-bond donors (Lipinski definition) is 0. The zero-order valence-corrected chi connectivity index (χ0v) is 16.5. The van der Waals surface area contributed by atoms with Gasteiger partial charge < -0.3 is 4.90 Å². The molecule has 29 heavy (non-hydrogen) atoms. The second-order valence-corrected chi connectivity index (χ2v) is 7.00. The molecule has 150 valence electrons. The molecule has 3 rings (SSSR count). The van der Waals surface area contributed by atoms with Crippen LogP contribution in [0.4, 0.5) is 5.69 Å². The lowest BCUT2D eigenvalue weighted by Gasteiger charge is -2.25. The second-order valence-electron chi connectivity index (χ2n) is 7.00. The maximum Gasteiger partial charge on any atom is 0.269 e. The minimum atomic E-state index is -0.459. The van der Waals surface area contributed by atoms with E-state index >= 15 is 0 Å². The fraction of sp³-hybridized carbons (Fsp3) is 0.286. The molecule has 8 nitrogen and oxygen atoms in total. The molecule has 0 aliphatic rings. The first kappa shape index (κ1) is 20.2. The predicted molar refractivity (Wildman–Crippen MR) is 110 cm³/mol. The van der Waals surface area contributed by atoms with Crippen molar-refractivity contribution in [3.8, 4) is 0 Å². The SMILES string of the molecule is Cc1cccc2c(=O)n(CCC(=O)N(C)[C@H](C)c3cccc([N+](=O)[O-])c3)cnc12. The number of hydrogen-bond acceptors (Lipinski definition) is 5. The molecule has 0 bridgehead atoms. The smallest absolute Gasteiger partial charge is 0.269 e. The molecular formula is C21H22N4O4. The summed E-state index contributed by atoms with van der Waals surface area (Å²) in [4.78, 5) is 41.7. The van der Waals surface area contributed by atoms with E-state index in [1.807, 2.05) is 26.0 Å². The number of amides is 1. The fourth-order valence-electron chi connectivity index (χ4n) is 3.23. The number of carbonyl (C=O) groups is 1. The van der Waals surface area contributed by atoms with E-state index in [2.05, 4.69) is 4.98 Å². The number of para-hydroxylation sites is 1. The average molecular weight is 394 g/mol. The highest BCUT2D eigenvalue weighted by molar-refractivity contribution is 5.80. The van der Waals surface area contributed by atoms with Crippen molar-refractivity contribution in [3.05, 3.63) is 80.4 Å². The summed E-state index contributed by atoms with van der Waals surface area (Å²) < 4.78 is 1.44. The molecule has 0 saturated heterocycles. The number of aryl methyl sites for hydroxylation is 2. The fourth-order valence-corrected chi connectivity index (χ4v) is 3.23. The van der Waals surface area contributed by atoms with Gasteiger partial charge in [-0.15, -0.1) is 0 Å². The Bertz CT molecular complexity index is 1140. The van der Waals surface area contributed by atoms with Crippen LogP contribution in [0, 0.1) is 17.0 Å². The topological polar surface area (TPSA) is 98.3 Å². The van der Waals surface area contributed by atoms with E-state index in [9.17, 15) is 19.7 Å². The molecule has 1 aromatic heterocycles. The number of fused-ring (bicyclic) bond motifs is 1. The van der Waals surface area contributed by atoms with Gasteiger partial charge in [0, 0.05) is 32.1 Å². The van der Waals surface area contributed by atoms with Crippen molar-refractivity contribution in [1.29, 1.82) is 0 Å². The van der Waals surface area contributed by atoms with Crippen molar-refractivity contribution >= 4 is 22.5 Å². The van der Waals surface area contributed by atoms with Crippen LogP contribution < -0.4 is 5.56 Å². The summed E-state index contributed by atoms with van der Waals surface area (Å²) in [5.41, 5.74) is 2.07. The van der Waals surface area contributed by atoms with Crippen molar-refractivity contribution in [2.45, 2.75) is 32.9 Å². The summed E-state index contributed by atoms with van der Waals surface area (Å²) >= 11 is 0. The maximum atomic E-state index is 12.7. The van der Waals surface area contributed by atoms with Crippen LogP contribution in [-0.2, 0) is 11.3 Å². The van der Waals surface area contributed by atoms with Gasteiger partial charge in [0.2, 0.25) is 5.91 Å². The van der Waals surface area contributed by atoms with Gasteiger partial charge in [0.1, 0.15) is 0 Å². The summed E-state index contributed by atoms with van der Waals surface area (Å²) in [5, 5.41) is 11.5. The summed E-state index contributed by atoms with van der Waals surface area (Å²) in [7, 11) is 1.65. The molecule has 0 radical (unpaired) electrons. The standard InChI is InChI=1S/C21H22N4O4/c1-14-6-4-9-18-20(14)22-13-24(21(18)27)11-10-19(26)23(3)15(2)16-7-5-8-17(12-16)25(28)29/h4-9,12-13,15H,10-11H2,1-3H3/t15-/m1/s1. The lowest BCUT2D eigenvalue weighted by molar-refractivity contribution is -0.384. The first-order valence-corrected chi connectivity index (χ1v) is 9.24. The Morgan fingerprint density at radius 2 is 2.00 bits per heavy atom. The first-order chi connectivity index (χ1) is 13.8. The van der Waals surface area contributed by atoms with E-state index < -0.39 is 4.92 Å². The minimum absolute atomic E-state index is 0.0146. The van der Waals surface area contributed by atoms with Crippen LogP contribution in [0.3, 0.4) is 0 Å². The Morgan fingerprint density at radius 1 is 1.28 bits per heavy atom. The molecule has 0 unspecified atom stereocenters. The van der Waals surface area contributed by atoms with Gasteiger partial charge in [-0.3, -0.25) is 24.3 Å². The summed E-state index contributed by atoms with van der Waals surface area (Å²) in [6, 6.07) is 11.3. The quantitative estimate of drug-likeness (QED) is 0.472. The van der Waals surface area contributed by atoms with E-state index in [1.165, 1.54) is 27.9 Å². The van der Waals surface area contributed by atoms with Crippen LogP contribution in [0.5, 0.6) is 0 Å². The lowest BCUT2D eigenvalue weighted by Crippen LogP contribution is -2.31. The van der Waals surface area contributed by atoms with Crippen LogP contribution >= 0.6 is 0 Å². The number of aromatic nitrogens is 2. The average Bonchev–Trinajstić information content (AvgIpc) is 2.72. The van der Waals surface area contributed by atoms with Crippen molar-refractivity contribution in [1.82, 2.24) is 14.5 Å². The predicted octanol–water partition coefficient (Wildman–Crippen LogP) is 3.22. The zero-order chi connectivity index (χ0) is 21.1. The first-order valence-electron chi connectivity index (χ1n) is 9.24. The molecule has 2 aromatic carbocycles. The van der Waals surface area contributed by atoms with Crippen molar-refractivity contribution in [2.24, 2.45) is 0 Å². The third-order valence-corrected chi connectivity index (χ3v) is 5.16. The number of nitro benzene ring substituents is 1. The molecule has 0 fully saturated rings. The largest absolute Gasteiger partial charge is 0.339 e. The number of carbonyl (C=O) groups excluding carboxylic acids is 1. The number of rotatable bonds is 6. The molecular weight excluding hydrogens is 372 g/mol. The molecule has 1 atom stereocenters. The molecule has 0 aliphatic heterocycles. The third kappa shape index (κ3) is 4.16. The normalized spacial score (nSPS) is 12.0. The molecule has 0 aliphatic carbocycles. The van der Waals surface area contributed by atoms with E-state index in [0.29, 0.717) is 16.5 Å². The highest BCUT2D eigenvalue weighted by atomic mass is 16.6. The van der Waals surface area contributed by atoms with Gasteiger partial charge in [-0.2, -0.15) is 0 Å². The van der Waals surface area contributed by atoms with Crippen LogP contribution in [-0.4, -0.2) is 32.3 Å². The number of non-ortho nitro benzene ring substituents is 1. The van der Waals surface area contributed by atoms with Gasteiger partial charge in [0.05, 0.1) is 28.2 Å². The van der Waals surface area contributed by atoms with E-state index in [4.69, 9.17) is 0 Å². The summed E-state index contributed by atoms with van der Waals surface area (Å²) in [6.07, 6.45) is 1.59. The summed E-state index contributed by atoms with van der Waals surface area (Å²) in [5.74, 6) is -0.166. The minimum Gasteiger partial charge on any atom is -0.339 e. The van der Waals surface area contributed by atoms with E-state index in [0.717, 1.165) is 5.56 Å². The lowest BCUT2D eigenvalue weighted by atomic mass is 10.1. The van der Waals surface area contributed by atoms with Gasteiger partial charge in [-0.1, -0.05) is 24.3 Å². The number of benzene rings is 2. The number of nitrogens with zero attached hydrogens (tertiary/aromatic N) is 4. The van der Waals surface area contributed by atoms with E-state index in [1.54, 1.807) is 25.2 Å². The highest BCUT2D eigenvalue weighted by Crippen LogP contribution is 2.23. The Morgan fingerprint density at radius 3 is 2.72 bits per heavy atom. The summed E-state index contributed by atoms with van der Waals surface area (Å²) in [6.45, 7) is 3.91. The monoisotopic (exact) mass is 394 g/mol. The zero-order valence-electron chi connectivity index (χ0n) is 16.5. The Balaban J connectivity index is 1.73. The van der Waals surface area contributed by atoms with Crippen LogP contribution in [0.2, 0.25) is 0 Å². The van der Waals surface area contributed by atoms with Gasteiger partial charge in [-0.25, -0.2) is 4.98 Å². The second kappa shape index (κ2) is 8.22. The van der Waals surface area contributed by atoms with Gasteiger partial charge in [0.15, 0.2) is 0 Å².